The highest BCUT2D eigenvalue weighted by Crippen LogP contribution is 2.51. The minimum Gasteiger partial charge on any atom is -0.508 e. The van der Waals surface area contributed by atoms with Crippen LogP contribution < -0.4 is 36.5 Å². The van der Waals surface area contributed by atoms with E-state index < -0.39 is 17.9 Å². The van der Waals surface area contributed by atoms with Crippen LogP contribution in [0.4, 0.5) is 11.4 Å². The number of hydrogen-bond donors (Lipinski definition) is 6. The van der Waals surface area contributed by atoms with Gasteiger partial charge in [0.2, 0.25) is 17.7 Å². The van der Waals surface area contributed by atoms with Crippen LogP contribution in [0.5, 0.6) is 23.0 Å². The lowest BCUT2D eigenvalue weighted by atomic mass is 9.79. The Morgan fingerprint density at radius 2 is 1.33 bits per heavy atom. The number of phenolic OH excluding ortho intramolecular Hbond substituents is 2. The number of rotatable bonds is 15. The van der Waals surface area contributed by atoms with Crippen LogP contribution in [0.25, 0.3) is 10.8 Å². The summed E-state index contributed by atoms with van der Waals surface area (Å²) in [5.74, 6) is 1.89. The van der Waals surface area contributed by atoms with Crippen LogP contribution in [-0.4, -0.2) is 66.3 Å². The Morgan fingerprint density at radius 3 is 2.02 bits per heavy atom. The number of nitrogens with one attached hydrogen (secondary N) is 2. The SMILES string of the molecule is CCCC1=NCC2=C1C(c1cc(Cl)cc(Cl)c1O)C(C#N)=C(N)O2.CCCCC(=O)N1c2ccccc2NC2=C(C(=O)CCC2)C1c1ccccc1Cl.CCc1ccc(C2=NC(c3ccc(C)cc3)NC(c3ccccc3O)C2)cc1.COc1ccc(OC)c(C2C(C#N)=C(N)OC3=C2C(c2ccc4ccccc4c2)=NC3)c1. The molecule has 0 radical (unpaired) electrons. The smallest absolute Gasteiger partial charge is 0.227 e. The largest absolute Gasteiger partial charge is 0.508 e. The van der Waals surface area contributed by atoms with Crippen LogP contribution in [0.15, 0.2) is 266 Å². The number of aryl methyl sites for hydroxylation is 2. The number of methoxy groups -OCH3 is 2. The number of aliphatic imine (C=N–C) groups is 3. The van der Waals surface area contributed by atoms with Crippen molar-refractivity contribution in [3.63, 3.8) is 0 Å². The average molecular weight is 1570 g/mol. The molecule has 16 rings (SSSR count). The number of aromatic hydroxyl groups is 2. The molecule has 5 unspecified atom stereocenters. The molecular formula is C92H87Cl3N10O8. The summed E-state index contributed by atoms with van der Waals surface area (Å²) in [4.78, 5) is 42.7. The van der Waals surface area contributed by atoms with Gasteiger partial charge in [-0.2, -0.15) is 10.5 Å². The first kappa shape index (κ1) is 79.2. The molecule has 21 heteroatoms. The third kappa shape index (κ3) is 16.9. The third-order valence-electron chi connectivity index (χ3n) is 21.1. The summed E-state index contributed by atoms with van der Waals surface area (Å²) in [5, 5.41) is 50.8. The van der Waals surface area contributed by atoms with Gasteiger partial charge in [-0.15, -0.1) is 0 Å². The molecule has 1 amide bonds. The van der Waals surface area contributed by atoms with Crippen molar-refractivity contribution < 1.29 is 38.7 Å². The summed E-state index contributed by atoms with van der Waals surface area (Å²) >= 11 is 18.8. The maximum absolute atomic E-state index is 13.5. The number of fused-ring (bicyclic) bond motifs is 2. The van der Waals surface area contributed by atoms with E-state index in [-0.39, 0.29) is 52.0 Å². The van der Waals surface area contributed by atoms with E-state index in [0.29, 0.717) is 81.5 Å². The highest BCUT2D eigenvalue weighted by atomic mass is 35.5. The molecule has 6 heterocycles. The van der Waals surface area contributed by atoms with Crippen LogP contribution in [0.2, 0.25) is 15.1 Å². The molecule has 574 valence electrons. The lowest BCUT2D eigenvalue weighted by Gasteiger charge is -2.34. The van der Waals surface area contributed by atoms with E-state index in [1.807, 2.05) is 110 Å². The summed E-state index contributed by atoms with van der Waals surface area (Å²) in [5.41, 5.74) is 28.9. The number of carbonyl (C=O) groups excluding carboxylic acids is 2. The second kappa shape index (κ2) is 35.6. The number of hydrogen-bond acceptors (Lipinski definition) is 17. The van der Waals surface area contributed by atoms with Crippen LogP contribution in [0, 0.1) is 29.6 Å². The van der Waals surface area contributed by atoms with Gasteiger partial charge in [-0.3, -0.25) is 34.8 Å². The molecule has 0 aromatic heterocycles. The molecule has 0 bridgehead atoms. The molecule has 5 atom stereocenters. The molecule has 0 spiro atoms. The number of ether oxygens (including phenoxy) is 4. The molecule has 7 aliphatic rings. The van der Waals surface area contributed by atoms with Crippen LogP contribution in [0.3, 0.4) is 0 Å². The molecule has 18 nitrogen and oxygen atoms in total. The Hall–Kier alpha value is -11.9. The number of anilines is 2. The Kier molecular flexibility index (Phi) is 25.0. The number of nitriles is 2. The Morgan fingerprint density at radius 1 is 0.664 bits per heavy atom. The molecule has 113 heavy (non-hydrogen) atoms. The first-order chi connectivity index (χ1) is 54.9. The highest BCUT2D eigenvalue weighted by molar-refractivity contribution is 6.36. The molecule has 9 aromatic rings. The Balaban J connectivity index is 0.000000132. The summed E-state index contributed by atoms with van der Waals surface area (Å²) in [6, 6.07) is 66.8. The number of halogens is 3. The van der Waals surface area contributed by atoms with Gasteiger partial charge in [0.25, 0.3) is 0 Å². The number of allylic oxidation sites excluding steroid dienone is 5. The van der Waals surface area contributed by atoms with Crippen molar-refractivity contribution in [3.05, 3.63) is 316 Å². The summed E-state index contributed by atoms with van der Waals surface area (Å²) in [7, 11) is 3.21. The second-order valence-electron chi connectivity index (χ2n) is 28.2. The van der Waals surface area contributed by atoms with Crippen molar-refractivity contribution in [2.24, 2.45) is 26.4 Å². The van der Waals surface area contributed by atoms with Gasteiger partial charge in [0.05, 0.1) is 67.3 Å². The predicted octanol–water partition coefficient (Wildman–Crippen LogP) is 20.0. The number of Topliss-reactive ketones (excluding diaryl/α,β-unsaturated/α-hetero) is 1. The highest BCUT2D eigenvalue weighted by Gasteiger charge is 2.43. The number of phenols is 2. The van der Waals surface area contributed by atoms with Gasteiger partial charge >= 0.3 is 0 Å². The Bertz CT molecular complexity index is 5530. The van der Waals surface area contributed by atoms with Crippen LogP contribution in [-0.2, 0) is 25.5 Å². The molecule has 0 saturated carbocycles. The maximum atomic E-state index is 13.5. The second-order valence-corrected chi connectivity index (χ2v) is 29.5. The number of unbranched alkanes of at least 4 members (excludes halogenated alkanes) is 1. The topological polar surface area (TPSA) is 276 Å². The monoisotopic (exact) mass is 1560 g/mol. The summed E-state index contributed by atoms with van der Waals surface area (Å²) < 4.78 is 22.5. The van der Waals surface area contributed by atoms with Gasteiger partial charge in [-0.25, -0.2) is 0 Å². The van der Waals surface area contributed by atoms with Crippen molar-refractivity contribution in [1.29, 1.82) is 10.5 Å². The number of carbonyl (C=O) groups is 2. The number of ketones is 1. The number of nitrogens with two attached hydrogens (primary N) is 2. The van der Waals surface area contributed by atoms with E-state index in [1.54, 1.807) is 31.3 Å². The van der Waals surface area contributed by atoms with E-state index in [9.17, 15) is 30.3 Å². The molecule has 8 N–H and O–H groups in total. The zero-order chi connectivity index (χ0) is 79.6. The van der Waals surface area contributed by atoms with E-state index in [0.717, 1.165) is 141 Å². The summed E-state index contributed by atoms with van der Waals surface area (Å²) in [6.45, 7) is 9.10. The average Bonchev–Trinajstić information content (AvgIpc) is 1.65. The van der Waals surface area contributed by atoms with E-state index >= 15 is 0 Å². The van der Waals surface area contributed by atoms with Crippen LogP contribution >= 0.6 is 34.8 Å². The lowest BCUT2D eigenvalue weighted by Crippen LogP contribution is -2.38. The molecule has 9 aromatic carbocycles. The molecule has 0 saturated heterocycles. The zero-order valence-electron chi connectivity index (χ0n) is 63.7. The third-order valence-corrected chi connectivity index (χ3v) is 21.9. The molecule has 6 aliphatic heterocycles. The van der Waals surface area contributed by atoms with Crippen molar-refractivity contribution >= 4 is 85.8 Å². The molecule has 1 aliphatic carbocycles. The number of benzene rings is 9. The van der Waals surface area contributed by atoms with Gasteiger partial charge < -0.3 is 45.9 Å². The predicted molar refractivity (Wildman–Crippen MR) is 448 cm³/mol. The Labute approximate surface area is 673 Å². The normalized spacial score (nSPS) is 18.7. The van der Waals surface area contributed by atoms with Crippen molar-refractivity contribution in [2.75, 3.05) is 37.5 Å². The number of nitrogens with zero attached hydrogens (tertiary/aromatic N) is 6. The zero-order valence-corrected chi connectivity index (χ0v) is 65.9. The minimum absolute atomic E-state index is 0.00542. The standard InChI is InChI=1S/C26H21N3O3.C25H26N2O.C24H25ClN2O2.C17H15Cl2N3O2/c1-30-18-9-10-21(31-2)19(12-18)23-20(13-27)26(28)32-22-14-29-25(24(22)23)17-8-7-15-5-3-4-6-16(15)11-17;1-3-18-10-14-19(15-11-18)22-16-23(21-6-4-5-7-24(21)28)27-25(26-22)20-12-8-17(2)9-13-20;1-2-3-15-22(29)27-20-13-7-6-11-18(20)26-19-12-8-14-21(28)23(19)24(27)16-9-4-5-10-17(16)25;1-2-3-12-15-13(7-22-12)24-17(21)10(6-20)14(15)9-4-8(18)5-11(19)16(9)23/h3-12,23H,14,28H2,1-2H3;4-15,23,25,27-28H,3,16H2,1-2H3;4-7,9-11,13,24,26H,2-3,8,12,14-15H2,1H3;4-5,14,23H,2-3,7,21H2,1H3. The van der Waals surface area contributed by atoms with E-state index in [2.05, 4.69) is 121 Å². The molecular weight excluding hydrogens is 1480 g/mol. The first-order valence-corrected chi connectivity index (χ1v) is 39.0. The first-order valence-electron chi connectivity index (χ1n) is 37.9. The van der Waals surface area contributed by atoms with E-state index in [1.165, 1.54) is 17.2 Å². The minimum atomic E-state index is -0.595. The van der Waals surface area contributed by atoms with Gasteiger partial charge in [0.1, 0.15) is 64.0 Å². The maximum Gasteiger partial charge on any atom is 0.227 e. The van der Waals surface area contributed by atoms with Gasteiger partial charge in [-0.1, -0.05) is 207 Å². The number of para-hydroxylation sites is 3. The van der Waals surface area contributed by atoms with Crippen LogP contribution in [0.1, 0.15) is 159 Å². The number of amides is 1. The van der Waals surface area contributed by atoms with Crippen molar-refractivity contribution in [1.82, 2.24) is 5.32 Å². The van der Waals surface area contributed by atoms with Gasteiger partial charge in [-0.05, 0) is 133 Å². The quantitative estimate of drug-likeness (QED) is 0.0557. The lowest BCUT2D eigenvalue weighted by molar-refractivity contribution is -0.119. The fraction of sp³-hybridized carbons (Fsp3) is 0.250. The van der Waals surface area contributed by atoms with Gasteiger partial charge in [0, 0.05) is 91.4 Å². The molecule has 0 fully saturated rings. The fourth-order valence-corrected chi connectivity index (χ4v) is 16.2. The summed E-state index contributed by atoms with van der Waals surface area (Å²) in [6.07, 6.45) is 7.53. The van der Waals surface area contributed by atoms with E-state index in [4.69, 9.17) is 75.2 Å². The fourth-order valence-electron chi connectivity index (χ4n) is 15.4. The van der Waals surface area contributed by atoms with Gasteiger partial charge in [0.15, 0.2) is 5.78 Å². The van der Waals surface area contributed by atoms with Crippen molar-refractivity contribution in [3.8, 4) is 35.1 Å². The van der Waals surface area contributed by atoms with Crippen molar-refractivity contribution in [2.45, 2.75) is 122 Å².